The van der Waals surface area contributed by atoms with Crippen LogP contribution in [0.5, 0.6) is 11.5 Å². The van der Waals surface area contributed by atoms with E-state index in [2.05, 4.69) is 5.32 Å². The van der Waals surface area contributed by atoms with Crippen molar-refractivity contribution in [3.8, 4) is 11.5 Å². The van der Waals surface area contributed by atoms with E-state index in [1.54, 1.807) is 12.0 Å². The van der Waals surface area contributed by atoms with Gasteiger partial charge in [-0.25, -0.2) is 0 Å². The topological polar surface area (TPSA) is 67.9 Å². The van der Waals surface area contributed by atoms with Gasteiger partial charge in [-0.05, 0) is 43.2 Å². The van der Waals surface area contributed by atoms with Gasteiger partial charge in [0.25, 0.3) is 0 Å². The van der Waals surface area contributed by atoms with Crippen LogP contribution < -0.4 is 19.7 Å². The lowest BCUT2D eigenvalue weighted by Crippen LogP contribution is -2.34. The third-order valence-electron chi connectivity index (χ3n) is 4.75. The number of methoxy groups -OCH3 is 1. The summed E-state index contributed by atoms with van der Waals surface area (Å²) in [6.07, 6.45) is 0.917. The lowest BCUT2D eigenvalue weighted by Gasteiger charge is -2.20. The Labute approximate surface area is 165 Å². The molecular formula is C22H26N2O4. The molecular weight excluding hydrogens is 356 g/mol. The number of nitrogens with one attached hydrogen (secondary N) is 1. The molecule has 1 aliphatic rings. The van der Waals surface area contributed by atoms with Crippen molar-refractivity contribution in [2.45, 2.75) is 19.8 Å². The molecule has 0 aromatic heterocycles. The number of hydrogen-bond donors (Lipinski definition) is 1. The molecule has 6 heteroatoms. The van der Waals surface area contributed by atoms with Crippen LogP contribution in [-0.4, -0.2) is 38.6 Å². The number of nitrogens with zero attached hydrogens (tertiary/aromatic N) is 1. The first-order chi connectivity index (χ1) is 13.6. The second-order valence-electron chi connectivity index (χ2n) is 6.89. The van der Waals surface area contributed by atoms with E-state index in [0.717, 1.165) is 17.0 Å². The van der Waals surface area contributed by atoms with Crippen LogP contribution in [0.3, 0.4) is 0 Å². The largest absolute Gasteiger partial charge is 0.495 e. The fourth-order valence-corrected chi connectivity index (χ4v) is 3.26. The molecule has 2 aromatic rings. The van der Waals surface area contributed by atoms with Crippen molar-refractivity contribution in [1.82, 2.24) is 5.32 Å². The van der Waals surface area contributed by atoms with Crippen molar-refractivity contribution in [3.63, 3.8) is 0 Å². The number of hydrogen-bond acceptors (Lipinski definition) is 4. The summed E-state index contributed by atoms with van der Waals surface area (Å²) in [5, 5.41) is 2.91. The van der Waals surface area contributed by atoms with Crippen LogP contribution >= 0.6 is 0 Å². The number of rotatable bonds is 8. The molecule has 0 radical (unpaired) electrons. The Balaban J connectivity index is 1.48. The summed E-state index contributed by atoms with van der Waals surface area (Å²) in [5.41, 5.74) is 1.76. The maximum Gasteiger partial charge on any atom is 0.227 e. The number of benzene rings is 2. The Hall–Kier alpha value is -3.02. The standard InChI is InChI=1S/C22H26N2O4/c1-16-9-10-20(27-2)19(13-16)24-15-17(14-21(24)25)22(26)23-11-6-12-28-18-7-4-3-5-8-18/h3-5,7-10,13,17H,6,11-12,14-15H2,1-2H3,(H,23,26). The van der Waals surface area contributed by atoms with Crippen LogP contribution in [0.2, 0.25) is 0 Å². The fourth-order valence-electron chi connectivity index (χ4n) is 3.26. The number of anilines is 1. The van der Waals surface area contributed by atoms with Crippen molar-refractivity contribution in [3.05, 3.63) is 54.1 Å². The Morgan fingerprint density at radius 3 is 2.75 bits per heavy atom. The average Bonchev–Trinajstić information content (AvgIpc) is 3.10. The van der Waals surface area contributed by atoms with E-state index in [-0.39, 0.29) is 24.2 Å². The molecule has 1 fully saturated rings. The number of aryl methyl sites for hydroxylation is 1. The summed E-state index contributed by atoms with van der Waals surface area (Å²) in [6, 6.07) is 15.3. The highest BCUT2D eigenvalue weighted by Gasteiger charge is 2.36. The second-order valence-corrected chi connectivity index (χ2v) is 6.89. The van der Waals surface area contributed by atoms with Crippen LogP contribution in [0, 0.1) is 12.8 Å². The molecule has 148 valence electrons. The molecule has 28 heavy (non-hydrogen) atoms. The van der Waals surface area contributed by atoms with E-state index in [9.17, 15) is 9.59 Å². The first-order valence-corrected chi connectivity index (χ1v) is 9.49. The molecule has 0 saturated carbocycles. The SMILES string of the molecule is COc1ccc(C)cc1N1CC(C(=O)NCCCOc2ccccc2)CC1=O. The summed E-state index contributed by atoms with van der Waals surface area (Å²) in [6.45, 7) is 3.38. The first kappa shape index (κ1) is 19.7. The lowest BCUT2D eigenvalue weighted by molar-refractivity contribution is -0.126. The molecule has 2 aromatic carbocycles. The summed E-state index contributed by atoms with van der Waals surface area (Å²) in [4.78, 5) is 26.6. The summed E-state index contributed by atoms with van der Waals surface area (Å²) in [7, 11) is 1.58. The van der Waals surface area contributed by atoms with Gasteiger partial charge < -0.3 is 19.7 Å². The Kier molecular flexibility index (Phi) is 6.53. The van der Waals surface area contributed by atoms with Gasteiger partial charge in [-0.15, -0.1) is 0 Å². The van der Waals surface area contributed by atoms with Gasteiger partial charge in [0.2, 0.25) is 11.8 Å². The summed E-state index contributed by atoms with van der Waals surface area (Å²) < 4.78 is 11.0. The van der Waals surface area contributed by atoms with E-state index in [1.165, 1.54) is 0 Å². The molecule has 1 saturated heterocycles. The number of para-hydroxylation sites is 1. The molecule has 3 rings (SSSR count). The molecule has 2 amide bonds. The molecule has 1 heterocycles. The lowest BCUT2D eigenvalue weighted by atomic mass is 10.1. The minimum Gasteiger partial charge on any atom is -0.495 e. The van der Waals surface area contributed by atoms with Crippen LogP contribution in [0.15, 0.2) is 48.5 Å². The molecule has 0 aliphatic carbocycles. The third kappa shape index (κ3) is 4.82. The molecule has 0 bridgehead atoms. The molecule has 0 spiro atoms. The van der Waals surface area contributed by atoms with Gasteiger partial charge in [0.15, 0.2) is 0 Å². The van der Waals surface area contributed by atoms with E-state index >= 15 is 0 Å². The van der Waals surface area contributed by atoms with Gasteiger partial charge in [-0.1, -0.05) is 24.3 Å². The molecule has 1 unspecified atom stereocenters. The van der Waals surface area contributed by atoms with E-state index in [0.29, 0.717) is 31.9 Å². The van der Waals surface area contributed by atoms with Gasteiger partial charge in [0, 0.05) is 19.5 Å². The zero-order valence-corrected chi connectivity index (χ0v) is 16.3. The summed E-state index contributed by atoms with van der Waals surface area (Å²) >= 11 is 0. The quantitative estimate of drug-likeness (QED) is 0.713. The second kappa shape index (κ2) is 9.26. The predicted octanol–water partition coefficient (Wildman–Crippen LogP) is 2.94. The minimum absolute atomic E-state index is 0.0588. The Bertz CT molecular complexity index is 823. The molecule has 1 N–H and O–H groups in total. The van der Waals surface area contributed by atoms with Crippen LogP contribution in [0.1, 0.15) is 18.4 Å². The average molecular weight is 382 g/mol. The molecule has 6 nitrogen and oxygen atoms in total. The van der Waals surface area contributed by atoms with Gasteiger partial charge in [0.1, 0.15) is 11.5 Å². The van der Waals surface area contributed by atoms with E-state index in [1.807, 2.05) is 55.5 Å². The normalized spacial score (nSPS) is 16.1. The van der Waals surface area contributed by atoms with Crippen molar-refractivity contribution >= 4 is 17.5 Å². The Morgan fingerprint density at radius 2 is 2.00 bits per heavy atom. The van der Waals surface area contributed by atoms with Gasteiger partial charge in [-0.3, -0.25) is 9.59 Å². The van der Waals surface area contributed by atoms with Crippen molar-refractivity contribution in [1.29, 1.82) is 0 Å². The Morgan fingerprint density at radius 1 is 1.21 bits per heavy atom. The molecule has 1 aliphatic heterocycles. The highest BCUT2D eigenvalue weighted by Crippen LogP contribution is 2.33. The van der Waals surface area contributed by atoms with Gasteiger partial charge in [0.05, 0.1) is 25.3 Å². The first-order valence-electron chi connectivity index (χ1n) is 9.49. The predicted molar refractivity (Wildman–Crippen MR) is 108 cm³/mol. The zero-order chi connectivity index (χ0) is 19.9. The summed E-state index contributed by atoms with van der Waals surface area (Å²) in [5.74, 6) is 0.947. The molecule has 1 atom stereocenters. The van der Waals surface area contributed by atoms with Crippen LogP contribution in [0.4, 0.5) is 5.69 Å². The van der Waals surface area contributed by atoms with Gasteiger partial charge >= 0.3 is 0 Å². The number of carbonyl (C=O) groups is 2. The zero-order valence-electron chi connectivity index (χ0n) is 16.3. The van der Waals surface area contributed by atoms with E-state index in [4.69, 9.17) is 9.47 Å². The number of ether oxygens (including phenoxy) is 2. The third-order valence-corrected chi connectivity index (χ3v) is 4.75. The minimum atomic E-state index is -0.354. The van der Waals surface area contributed by atoms with E-state index < -0.39 is 0 Å². The van der Waals surface area contributed by atoms with Crippen molar-refractivity contribution < 1.29 is 19.1 Å². The maximum atomic E-state index is 12.5. The van der Waals surface area contributed by atoms with Crippen molar-refractivity contribution in [2.24, 2.45) is 5.92 Å². The number of carbonyl (C=O) groups excluding carboxylic acids is 2. The smallest absolute Gasteiger partial charge is 0.227 e. The van der Waals surface area contributed by atoms with Crippen molar-refractivity contribution in [2.75, 3.05) is 31.7 Å². The fraction of sp³-hybridized carbons (Fsp3) is 0.364. The van der Waals surface area contributed by atoms with Crippen LogP contribution in [-0.2, 0) is 9.59 Å². The van der Waals surface area contributed by atoms with Gasteiger partial charge in [-0.2, -0.15) is 0 Å². The highest BCUT2D eigenvalue weighted by atomic mass is 16.5. The maximum absolute atomic E-state index is 12.5. The highest BCUT2D eigenvalue weighted by molar-refractivity contribution is 6.01. The van der Waals surface area contributed by atoms with Crippen LogP contribution in [0.25, 0.3) is 0 Å². The monoisotopic (exact) mass is 382 g/mol. The number of amides is 2.